The summed E-state index contributed by atoms with van der Waals surface area (Å²) in [6.07, 6.45) is 4.17. The van der Waals surface area contributed by atoms with Crippen LogP contribution in [0.15, 0.2) is 95.6 Å². The monoisotopic (exact) mass is 609 g/mol. The van der Waals surface area contributed by atoms with Crippen LogP contribution in [0.3, 0.4) is 0 Å². The lowest BCUT2D eigenvalue weighted by Gasteiger charge is -2.33. The van der Waals surface area contributed by atoms with E-state index in [2.05, 4.69) is 67.4 Å². The lowest BCUT2D eigenvalue weighted by molar-refractivity contribution is 0.173. The molecule has 0 bridgehead atoms. The zero-order chi connectivity index (χ0) is 27.3. The first kappa shape index (κ1) is 26.6. The standard InChI is InChI=1S/C33H29BrClN5/c34-29-21-37-40-32(19-31(38-33(29)40)28-10-4-5-11-30(28)35)36-20-27-9-6-18-39(23-27)22-26-16-14-25(15-17-26)13-12-24-7-2-1-3-8-24/h1-5,7-8,10-11,14-17,19,21,27,36H,6,9,18,20,22-23H2. The molecule has 5 nitrogen and oxygen atoms in total. The minimum absolute atomic E-state index is 0.538. The molecule has 6 rings (SSSR count). The Labute approximate surface area is 248 Å². The maximum atomic E-state index is 6.50. The smallest absolute Gasteiger partial charge is 0.172 e. The van der Waals surface area contributed by atoms with Crippen molar-refractivity contribution in [2.24, 2.45) is 5.92 Å². The molecule has 0 aliphatic carbocycles. The van der Waals surface area contributed by atoms with Crippen LogP contribution in [0.4, 0.5) is 5.82 Å². The predicted octanol–water partition coefficient (Wildman–Crippen LogP) is 7.54. The van der Waals surface area contributed by atoms with E-state index in [9.17, 15) is 0 Å². The van der Waals surface area contributed by atoms with Crippen LogP contribution in [0, 0.1) is 17.8 Å². The molecule has 0 amide bonds. The molecule has 0 spiro atoms. The summed E-state index contributed by atoms with van der Waals surface area (Å²) in [5.41, 5.74) is 5.89. The number of hydrogen-bond acceptors (Lipinski definition) is 4. The number of rotatable bonds is 6. The van der Waals surface area contributed by atoms with E-state index in [1.807, 2.05) is 65.2 Å². The van der Waals surface area contributed by atoms with Gasteiger partial charge in [0.1, 0.15) is 5.82 Å². The molecule has 5 aromatic rings. The quantitative estimate of drug-likeness (QED) is 0.202. The van der Waals surface area contributed by atoms with Gasteiger partial charge in [-0.2, -0.15) is 9.61 Å². The van der Waals surface area contributed by atoms with Gasteiger partial charge in [0.25, 0.3) is 0 Å². The van der Waals surface area contributed by atoms with Gasteiger partial charge in [-0.1, -0.05) is 72.0 Å². The first-order valence-electron chi connectivity index (χ1n) is 13.5. The molecular formula is C33H29BrClN5. The molecule has 2 aromatic heterocycles. The third-order valence-corrected chi connectivity index (χ3v) is 8.13. The highest BCUT2D eigenvalue weighted by atomic mass is 79.9. The molecule has 40 heavy (non-hydrogen) atoms. The Morgan fingerprint density at radius 2 is 1.70 bits per heavy atom. The van der Waals surface area contributed by atoms with E-state index in [0.29, 0.717) is 10.9 Å². The molecule has 3 aromatic carbocycles. The Bertz CT molecular complexity index is 1670. The van der Waals surface area contributed by atoms with Crippen LogP contribution in [-0.2, 0) is 6.54 Å². The zero-order valence-corrected chi connectivity index (χ0v) is 24.4. The van der Waals surface area contributed by atoms with Crippen molar-refractivity contribution in [1.29, 1.82) is 0 Å². The molecule has 1 aliphatic heterocycles. The van der Waals surface area contributed by atoms with Crippen molar-refractivity contribution in [3.8, 4) is 23.1 Å². The van der Waals surface area contributed by atoms with Crippen LogP contribution >= 0.6 is 27.5 Å². The van der Waals surface area contributed by atoms with Crippen LogP contribution in [0.5, 0.6) is 0 Å². The van der Waals surface area contributed by atoms with E-state index in [-0.39, 0.29) is 0 Å². The first-order valence-corrected chi connectivity index (χ1v) is 14.7. The molecule has 1 fully saturated rings. The lowest BCUT2D eigenvalue weighted by Crippen LogP contribution is -2.37. The topological polar surface area (TPSA) is 45.5 Å². The number of nitrogens with zero attached hydrogens (tertiary/aromatic N) is 4. The molecule has 1 atom stereocenters. The van der Waals surface area contributed by atoms with Gasteiger partial charge in [0.15, 0.2) is 5.65 Å². The number of piperidine rings is 1. The number of nitrogens with one attached hydrogen (secondary N) is 1. The lowest BCUT2D eigenvalue weighted by atomic mass is 9.97. The number of aromatic nitrogens is 3. The number of hydrogen-bond donors (Lipinski definition) is 1. The number of likely N-dealkylation sites (tertiary alicyclic amines) is 1. The average molecular weight is 611 g/mol. The van der Waals surface area contributed by atoms with Crippen LogP contribution < -0.4 is 5.32 Å². The highest BCUT2D eigenvalue weighted by Crippen LogP contribution is 2.30. The van der Waals surface area contributed by atoms with Gasteiger partial charge < -0.3 is 5.32 Å². The van der Waals surface area contributed by atoms with Gasteiger partial charge in [0, 0.05) is 47.4 Å². The fourth-order valence-electron chi connectivity index (χ4n) is 5.20. The van der Waals surface area contributed by atoms with E-state index in [0.717, 1.165) is 64.5 Å². The van der Waals surface area contributed by atoms with Crippen molar-refractivity contribution < 1.29 is 0 Å². The van der Waals surface area contributed by atoms with Gasteiger partial charge >= 0.3 is 0 Å². The van der Waals surface area contributed by atoms with E-state index in [4.69, 9.17) is 16.6 Å². The van der Waals surface area contributed by atoms with Gasteiger partial charge in [-0.15, -0.1) is 0 Å². The summed E-state index contributed by atoms with van der Waals surface area (Å²) in [5.74, 6) is 7.95. The molecule has 1 aliphatic rings. The van der Waals surface area contributed by atoms with Crippen LogP contribution in [0.2, 0.25) is 5.02 Å². The fourth-order valence-corrected chi connectivity index (χ4v) is 5.78. The highest BCUT2D eigenvalue weighted by Gasteiger charge is 2.21. The molecular weight excluding hydrogens is 582 g/mol. The van der Waals surface area contributed by atoms with Crippen LogP contribution in [-0.4, -0.2) is 39.1 Å². The molecule has 0 radical (unpaired) electrons. The molecule has 1 N–H and O–H groups in total. The zero-order valence-electron chi connectivity index (χ0n) is 22.0. The second kappa shape index (κ2) is 12.3. The van der Waals surface area contributed by atoms with Gasteiger partial charge in [-0.25, -0.2) is 4.98 Å². The Morgan fingerprint density at radius 3 is 2.50 bits per heavy atom. The molecule has 200 valence electrons. The van der Waals surface area contributed by atoms with Crippen molar-refractivity contribution in [3.05, 3.63) is 117 Å². The average Bonchev–Trinajstić information content (AvgIpc) is 3.37. The van der Waals surface area contributed by atoms with Gasteiger partial charge in [-0.3, -0.25) is 4.90 Å². The number of fused-ring (bicyclic) bond motifs is 1. The molecule has 1 saturated heterocycles. The number of anilines is 1. The number of benzene rings is 3. The summed E-state index contributed by atoms with van der Waals surface area (Å²) in [5, 5.41) is 8.89. The highest BCUT2D eigenvalue weighted by molar-refractivity contribution is 9.10. The number of halogens is 2. The van der Waals surface area contributed by atoms with Gasteiger partial charge in [-0.05, 0) is 77.1 Å². The van der Waals surface area contributed by atoms with Gasteiger partial charge in [0.05, 0.1) is 16.4 Å². The van der Waals surface area contributed by atoms with E-state index < -0.39 is 0 Å². The van der Waals surface area contributed by atoms with Crippen LogP contribution in [0.1, 0.15) is 29.5 Å². The third-order valence-electron chi connectivity index (χ3n) is 7.24. The van der Waals surface area contributed by atoms with Gasteiger partial charge in [0.2, 0.25) is 0 Å². The Hall–Kier alpha value is -3.63. The predicted molar refractivity (Wildman–Crippen MR) is 166 cm³/mol. The Kier molecular flexibility index (Phi) is 8.15. The fraction of sp³-hybridized carbons (Fsp3) is 0.212. The van der Waals surface area contributed by atoms with E-state index in [1.54, 1.807) is 6.20 Å². The van der Waals surface area contributed by atoms with Crippen LogP contribution in [0.25, 0.3) is 16.9 Å². The molecule has 7 heteroatoms. The van der Waals surface area contributed by atoms with E-state index >= 15 is 0 Å². The SMILES string of the molecule is Clc1ccccc1-c1cc(NCC2CCCN(Cc3ccc(C#Cc4ccccc4)cc3)C2)n2ncc(Br)c2n1. The second-order valence-electron chi connectivity index (χ2n) is 10.2. The van der Waals surface area contributed by atoms with E-state index in [1.165, 1.54) is 18.4 Å². The maximum Gasteiger partial charge on any atom is 0.172 e. The van der Waals surface area contributed by atoms with Crippen molar-refractivity contribution in [1.82, 2.24) is 19.5 Å². The third kappa shape index (κ3) is 6.23. The largest absolute Gasteiger partial charge is 0.370 e. The normalized spacial score (nSPS) is 15.5. The minimum atomic E-state index is 0.538. The van der Waals surface area contributed by atoms with Crippen molar-refractivity contribution in [2.45, 2.75) is 19.4 Å². The summed E-state index contributed by atoms with van der Waals surface area (Å²) < 4.78 is 2.71. The summed E-state index contributed by atoms with van der Waals surface area (Å²) in [7, 11) is 0. The summed E-state index contributed by atoms with van der Waals surface area (Å²) in [4.78, 5) is 7.38. The Balaban J connectivity index is 1.11. The van der Waals surface area contributed by atoms with Crippen molar-refractivity contribution >= 4 is 39.0 Å². The molecule has 0 saturated carbocycles. The summed E-state index contributed by atoms with van der Waals surface area (Å²) >= 11 is 10.1. The second-order valence-corrected chi connectivity index (χ2v) is 11.4. The maximum absolute atomic E-state index is 6.50. The first-order chi connectivity index (χ1) is 19.6. The molecule has 1 unspecified atom stereocenters. The Morgan fingerprint density at radius 1 is 0.950 bits per heavy atom. The van der Waals surface area contributed by atoms with Crippen molar-refractivity contribution in [2.75, 3.05) is 25.0 Å². The summed E-state index contributed by atoms with van der Waals surface area (Å²) in [6.45, 7) is 3.99. The van der Waals surface area contributed by atoms with Crippen molar-refractivity contribution in [3.63, 3.8) is 0 Å². The minimum Gasteiger partial charge on any atom is -0.370 e. The summed E-state index contributed by atoms with van der Waals surface area (Å²) in [6, 6.07) is 28.6. The molecule has 3 heterocycles.